The second-order valence-corrected chi connectivity index (χ2v) is 5.03. The van der Waals surface area contributed by atoms with Gasteiger partial charge in [-0.1, -0.05) is 30.3 Å². The molecule has 1 aromatic carbocycles. The van der Waals surface area contributed by atoms with Crippen LogP contribution in [0.25, 0.3) is 0 Å². The molecule has 1 atom stereocenters. The lowest BCUT2D eigenvalue weighted by molar-refractivity contribution is 0.523. The van der Waals surface area contributed by atoms with Gasteiger partial charge in [-0.05, 0) is 18.5 Å². The van der Waals surface area contributed by atoms with Crippen LogP contribution in [0.1, 0.15) is 17.8 Å². The van der Waals surface area contributed by atoms with Gasteiger partial charge in [0, 0.05) is 31.5 Å². The lowest BCUT2D eigenvalue weighted by atomic mass is 10.2. The monoisotopic (exact) mass is 256 g/mol. The Morgan fingerprint density at radius 2 is 2.21 bits per heavy atom. The molecule has 3 rings (SSSR count). The molecule has 0 radical (unpaired) electrons. The number of benzene rings is 1. The van der Waals surface area contributed by atoms with E-state index >= 15 is 0 Å². The molecule has 4 nitrogen and oxygen atoms in total. The van der Waals surface area contributed by atoms with E-state index in [1.165, 1.54) is 12.0 Å². The Morgan fingerprint density at radius 3 is 3.00 bits per heavy atom. The van der Waals surface area contributed by atoms with Crippen molar-refractivity contribution in [1.29, 1.82) is 0 Å². The van der Waals surface area contributed by atoms with Crippen molar-refractivity contribution in [2.45, 2.75) is 25.6 Å². The average Bonchev–Trinajstić information content (AvgIpc) is 3.09. The Kier molecular flexibility index (Phi) is 3.91. The first-order valence-electron chi connectivity index (χ1n) is 6.90. The van der Waals surface area contributed by atoms with E-state index in [0.717, 1.165) is 32.0 Å². The lowest BCUT2D eigenvalue weighted by Crippen LogP contribution is -2.31. The minimum atomic E-state index is 0.585. The highest BCUT2D eigenvalue weighted by atomic mass is 15.1. The summed E-state index contributed by atoms with van der Waals surface area (Å²) in [5.41, 5.74) is 1.31. The molecule has 0 bridgehead atoms. The van der Waals surface area contributed by atoms with Gasteiger partial charge in [-0.15, -0.1) is 0 Å². The minimum absolute atomic E-state index is 0.585. The van der Waals surface area contributed by atoms with E-state index in [0.29, 0.717) is 6.04 Å². The smallest absolute Gasteiger partial charge is 0.122 e. The summed E-state index contributed by atoms with van der Waals surface area (Å²) in [7, 11) is 0. The number of hydrogen-bond donors (Lipinski definition) is 2. The molecule has 0 amide bonds. The molecule has 4 heteroatoms. The number of rotatable bonds is 5. The van der Waals surface area contributed by atoms with Crippen LogP contribution in [0.15, 0.2) is 42.7 Å². The van der Waals surface area contributed by atoms with Crippen LogP contribution in [-0.2, 0) is 13.1 Å². The van der Waals surface area contributed by atoms with Crippen molar-refractivity contribution in [3.8, 4) is 0 Å². The summed E-state index contributed by atoms with van der Waals surface area (Å²) in [5, 5.41) is 6.93. The highest BCUT2D eigenvalue weighted by Gasteiger charge is 2.14. The highest BCUT2D eigenvalue weighted by Crippen LogP contribution is 2.06. The number of imidazole rings is 1. The van der Waals surface area contributed by atoms with E-state index in [9.17, 15) is 0 Å². The van der Waals surface area contributed by atoms with Crippen molar-refractivity contribution < 1.29 is 0 Å². The van der Waals surface area contributed by atoms with E-state index < -0.39 is 0 Å². The quantitative estimate of drug-likeness (QED) is 0.849. The van der Waals surface area contributed by atoms with Gasteiger partial charge in [0.2, 0.25) is 0 Å². The Balaban J connectivity index is 1.61. The summed E-state index contributed by atoms with van der Waals surface area (Å²) in [6.45, 7) is 3.92. The molecule has 1 saturated heterocycles. The number of aromatic nitrogens is 2. The Bertz CT molecular complexity index is 500. The van der Waals surface area contributed by atoms with Gasteiger partial charge in [0.25, 0.3) is 0 Å². The molecule has 1 aromatic heterocycles. The van der Waals surface area contributed by atoms with Crippen LogP contribution in [0.5, 0.6) is 0 Å². The molecule has 2 N–H and O–H groups in total. The second kappa shape index (κ2) is 5.99. The fourth-order valence-corrected chi connectivity index (χ4v) is 2.50. The molecule has 1 fully saturated rings. The fraction of sp³-hybridized carbons (Fsp3) is 0.400. The van der Waals surface area contributed by atoms with E-state index in [4.69, 9.17) is 0 Å². The van der Waals surface area contributed by atoms with Crippen molar-refractivity contribution in [3.05, 3.63) is 54.1 Å². The molecule has 1 aliphatic rings. The molecule has 0 saturated carbocycles. The lowest BCUT2D eigenvalue weighted by Gasteiger charge is -2.12. The van der Waals surface area contributed by atoms with Gasteiger partial charge in [-0.25, -0.2) is 4.98 Å². The van der Waals surface area contributed by atoms with Crippen molar-refractivity contribution in [3.63, 3.8) is 0 Å². The average molecular weight is 256 g/mol. The number of hydrogen-bond acceptors (Lipinski definition) is 3. The number of nitrogens with zero attached hydrogens (tertiary/aromatic N) is 2. The minimum Gasteiger partial charge on any atom is -0.329 e. The highest BCUT2D eigenvalue weighted by molar-refractivity contribution is 5.15. The molecule has 100 valence electrons. The summed E-state index contributed by atoms with van der Waals surface area (Å²) in [4.78, 5) is 4.45. The zero-order valence-electron chi connectivity index (χ0n) is 11.0. The van der Waals surface area contributed by atoms with Gasteiger partial charge in [-0.3, -0.25) is 0 Å². The van der Waals surface area contributed by atoms with Gasteiger partial charge in [-0.2, -0.15) is 0 Å². The molecule has 1 aliphatic heterocycles. The normalized spacial score (nSPS) is 18.8. The van der Waals surface area contributed by atoms with Crippen LogP contribution in [0.4, 0.5) is 0 Å². The molecule has 0 aliphatic carbocycles. The molecular formula is C15H20N4. The largest absolute Gasteiger partial charge is 0.329 e. The Morgan fingerprint density at radius 1 is 1.32 bits per heavy atom. The van der Waals surface area contributed by atoms with Gasteiger partial charge >= 0.3 is 0 Å². The first-order chi connectivity index (χ1) is 9.42. The third-order valence-electron chi connectivity index (χ3n) is 3.61. The van der Waals surface area contributed by atoms with Crippen LogP contribution in [0, 0.1) is 0 Å². The van der Waals surface area contributed by atoms with E-state index in [2.05, 4.69) is 50.6 Å². The standard InChI is InChI=1S/C15H20N4/c1-2-4-13(5-3-1)12-19-9-8-17-15(19)11-18-14-6-7-16-10-14/h1-5,8-9,14,16,18H,6-7,10-12H2. The third kappa shape index (κ3) is 3.22. The van der Waals surface area contributed by atoms with Crippen LogP contribution in [0.2, 0.25) is 0 Å². The third-order valence-corrected chi connectivity index (χ3v) is 3.61. The van der Waals surface area contributed by atoms with E-state index in [-0.39, 0.29) is 0 Å². The van der Waals surface area contributed by atoms with Crippen molar-refractivity contribution in [2.24, 2.45) is 0 Å². The molecule has 2 heterocycles. The Labute approximate surface area is 113 Å². The number of nitrogens with one attached hydrogen (secondary N) is 2. The van der Waals surface area contributed by atoms with Crippen molar-refractivity contribution >= 4 is 0 Å². The molecule has 0 spiro atoms. The van der Waals surface area contributed by atoms with Crippen LogP contribution in [-0.4, -0.2) is 28.7 Å². The van der Waals surface area contributed by atoms with Gasteiger partial charge < -0.3 is 15.2 Å². The van der Waals surface area contributed by atoms with Gasteiger partial charge in [0.15, 0.2) is 0 Å². The van der Waals surface area contributed by atoms with Crippen LogP contribution < -0.4 is 10.6 Å². The summed E-state index contributed by atoms with van der Waals surface area (Å²) in [5.74, 6) is 1.11. The topological polar surface area (TPSA) is 41.9 Å². The van der Waals surface area contributed by atoms with Gasteiger partial charge in [0.05, 0.1) is 6.54 Å². The zero-order chi connectivity index (χ0) is 12.9. The predicted octanol–water partition coefficient (Wildman–Crippen LogP) is 1.38. The Hall–Kier alpha value is -1.65. The molecule has 2 aromatic rings. The molecular weight excluding hydrogens is 236 g/mol. The first kappa shape index (κ1) is 12.4. The van der Waals surface area contributed by atoms with E-state index in [1.807, 2.05) is 12.3 Å². The SMILES string of the molecule is c1ccc(Cn2ccnc2CNC2CCNC2)cc1. The summed E-state index contributed by atoms with van der Waals surface area (Å²) in [6, 6.07) is 11.1. The zero-order valence-corrected chi connectivity index (χ0v) is 11.0. The second-order valence-electron chi connectivity index (χ2n) is 5.03. The van der Waals surface area contributed by atoms with Gasteiger partial charge in [0.1, 0.15) is 5.82 Å². The molecule has 19 heavy (non-hydrogen) atoms. The summed E-state index contributed by atoms with van der Waals surface area (Å²) < 4.78 is 2.21. The van der Waals surface area contributed by atoms with Crippen LogP contribution >= 0.6 is 0 Å². The summed E-state index contributed by atoms with van der Waals surface area (Å²) in [6.07, 6.45) is 5.14. The maximum Gasteiger partial charge on any atom is 0.122 e. The predicted molar refractivity (Wildman–Crippen MR) is 75.9 cm³/mol. The first-order valence-corrected chi connectivity index (χ1v) is 6.90. The van der Waals surface area contributed by atoms with E-state index in [1.54, 1.807) is 0 Å². The van der Waals surface area contributed by atoms with Crippen LogP contribution in [0.3, 0.4) is 0 Å². The van der Waals surface area contributed by atoms with Crippen molar-refractivity contribution in [1.82, 2.24) is 20.2 Å². The van der Waals surface area contributed by atoms with Crippen molar-refractivity contribution in [2.75, 3.05) is 13.1 Å². The maximum absolute atomic E-state index is 4.45. The fourth-order valence-electron chi connectivity index (χ4n) is 2.50. The molecule has 1 unspecified atom stereocenters. The maximum atomic E-state index is 4.45. The summed E-state index contributed by atoms with van der Waals surface area (Å²) >= 11 is 0.